The van der Waals surface area contributed by atoms with Crippen molar-refractivity contribution in [2.45, 2.75) is 13.0 Å². The Morgan fingerprint density at radius 1 is 1.29 bits per heavy atom. The van der Waals surface area contributed by atoms with E-state index in [1.165, 1.54) is 12.1 Å². The fraction of sp³-hybridized carbons (Fsp3) is 0.200. The minimum Gasteiger partial charge on any atom is -0.397 e. The van der Waals surface area contributed by atoms with E-state index in [4.69, 9.17) is 17.3 Å². The topological polar surface area (TPSA) is 72.4 Å². The molecule has 2 aromatic rings. The van der Waals surface area contributed by atoms with Gasteiger partial charge in [0.1, 0.15) is 0 Å². The number of nitrogens with two attached hydrogens (primary N) is 1. The van der Waals surface area contributed by atoms with Crippen LogP contribution >= 0.6 is 11.6 Å². The van der Waals surface area contributed by atoms with Crippen LogP contribution in [0.4, 0.5) is 17.1 Å². The van der Waals surface area contributed by atoms with Crippen LogP contribution in [0.1, 0.15) is 18.5 Å². The minimum atomic E-state index is -0.458. The zero-order valence-corrected chi connectivity index (χ0v) is 12.5. The normalized spacial score (nSPS) is 12.0. The van der Waals surface area contributed by atoms with Crippen molar-refractivity contribution >= 4 is 28.7 Å². The lowest BCUT2D eigenvalue weighted by Gasteiger charge is -2.28. The van der Waals surface area contributed by atoms with Crippen molar-refractivity contribution in [2.75, 3.05) is 17.7 Å². The molecule has 1 unspecified atom stereocenters. The molecule has 0 fully saturated rings. The molecule has 2 N–H and O–H groups in total. The smallest absolute Gasteiger partial charge is 0.271 e. The van der Waals surface area contributed by atoms with Crippen LogP contribution in [-0.4, -0.2) is 12.0 Å². The first kappa shape index (κ1) is 15.1. The van der Waals surface area contributed by atoms with Crippen LogP contribution < -0.4 is 10.6 Å². The molecule has 110 valence electrons. The van der Waals surface area contributed by atoms with Gasteiger partial charge in [0.15, 0.2) is 0 Å². The zero-order chi connectivity index (χ0) is 15.6. The molecular weight excluding hydrogens is 290 g/mol. The van der Waals surface area contributed by atoms with Gasteiger partial charge >= 0.3 is 0 Å². The predicted molar refractivity (Wildman–Crippen MR) is 85.8 cm³/mol. The highest BCUT2D eigenvalue weighted by Gasteiger charge is 2.17. The molecule has 0 aliphatic rings. The lowest BCUT2D eigenvalue weighted by Crippen LogP contribution is -2.22. The molecule has 1 atom stereocenters. The van der Waals surface area contributed by atoms with Crippen LogP contribution in [0, 0.1) is 10.1 Å². The molecule has 2 aromatic carbocycles. The van der Waals surface area contributed by atoms with Crippen molar-refractivity contribution in [2.24, 2.45) is 0 Å². The monoisotopic (exact) mass is 305 g/mol. The van der Waals surface area contributed by atoms with Gasteiger partial charge < -0.3 is 10.6 Å². The van der Waals surface area contributed by atoms with E-state index in [9.17, 15) is 10.1 Å². The van der Waals surface area contributed by atoms with Crippen molar-refractivity contribution in [3.63, 3.8) is 0 Å². The molecule has 0 spiro atoms. The molecule has 0 radical (unpaired) electrons. The highest BCUT2D eigenvalue weighted by atomic mass is 35.5. The quantitative estimate of drug-likeness (QED) is 0.526. The Labute approximate surface area is 128 Å². The number of nitro groups is 1. The Morgan fingerprint density at radius 2 is 2.00 bits per heavy atom. The largest absolute Gasteiger partial charge is 0.397 e. The fourth-order valence-corrected chi connectivity index (χ4v) is 2.37. The van der Waals surface area contributed by atoms with Gasteiger partial charge in [-0.05, 0) is 30.7 Å². The number of non-ortho nitro benzene ring substituents is 1. The maximum atomic E-state index is 10.7. The molecule has 0 amide bonds. The van der Waals surface area contributed by atoms with E-state index in [0.29, 0.717) is 10.7 Å². The first-order valence-electron chi connectivity index (χ1n) is 6.42. The molecule has 0 saturated carbocycles. The van der Waals surface area contributed by atoms with Gasteiger partial charge in [-0.15, -0.1) is 0 Å². The molecule has 0 aliphatic heterocycles. The van der Waals surface area contributed by atoms with E-state index in [0.717, 1.165) is 11.3 Å². The maximum absolute atomic E-state index is 10.7. The van der Waals surface area contributed by atoms with E-state index >= 15 is 0 Å². The minimum absolute atomic E-state index is 0.0138. The van der Waals surface area contributed by atoms with Crippen molar-refractivity contribution in [3.05, 3.63) is 63.2 Å². The van der Waals surface area contributed by atoms with Crippen LogP contribution in [0.15, 0.2) is 42.5 Å². The molecule has 0 bridgehead atoms. The van der Waals surface area contributed by atoms with Crippen LogP contribution in [0.25, 0.3) is 0 Å². The van der Waals surface area contributed by atoms with Crippen LogP contribution in [0.5, 0.6) is 0 Å². The molecule has 0 saturated heterocycles. The van der Waals surface area contributed by atoms with Crippen molar-refractivity contribution in [1.82, 2.24) is 0 Å². The zero-order valence-electron chi connectivity index (χ0n) is 11.8. The van der Waals surface area contributed by atoms with Crippen LogP contribution in [-0.2, 0) is 0 Å². The Morgan fingerprint density at radius 3 is 2.57 bits per heavy atom. The summed E-state index contributed by atoms with van der Waals surface area (Å²) in [6, 6.07) is 12.1. The first-order valence-corrected chi connectivity index (χ1v) is 6.80. The highest BCUT2D eigenvalue weighted by molar-refractivity contribution is 6.30. The van der Waals surface area contributed by atoms with Gasteiger partial charge in [0.25, 0.3) is 5.69 Å². The number of hydrogen-bond donors (Lipinski definition) is 1. The predicted octanol–water partition coefficient (Wildman–Crippen LogP) is 4.03. The summed E-state index contributed by atoms with van der Waals surface area (Å²) in [4.78, 5) is 12.3. The average molecular weight is 306 g/mol. The second kappa shape index (κ2) is 6.01. The van der Waals surface area contributed by atoms with Crippen molar-refractivity contribution < 1.29 is 4.92 Å². The van der Waals surface area contributed by atoms with Crippen LogP contribution in [0.3, 0.4) is 0 Å². The molecule has 0 aliphatic carbocycles. The van der Waals surface area contributed by atoms with Gasteiger partial charge in [-0.2, -0.15) is 0 Å². The van der Waals surface area contributed by atoms with Gasteiger partial charge in [-0.3, -0.25) is 10.1 Å². The highest BCUT2D eigenvalue weighted by Crippen LogP contribution is 2.32. The molecule has 21 heavy (non-hydrogen) atoms. The maximum Gasteiger partial charge on any atom is 0.271 e. The summed E-state index contributed by atoms with van der Waals surface area (Å²) in [6.45, 7) is 2.02. The number of nitro benzene ring substituents is 1. The summed E-state index contributed by atoms with van der Waals surface area (Å²) in [5, 5.41) is 11.4. The number of benzene rings is 2. The third-order valence-corrected chi connectivity index (χ3v) is 3.75. The number of halogens is 1. The third kappa shape index (κ3) is 3.25. The summed E-state index contributed by atoms with van der Waals surface area (Å²) in [6.07, 6.45) is 0. The Kier molecular flexibility index (Phi) is 4.33. The number of nitrogen functional groups attached to an aromatic ring is 1. The van der Waals surface area contributed by atoms with Gasteiger partial charge in [0, 0.05) is 24.2 Å². The average Bonchev–Trinajstić information content (AvgIpc) is 2.45. The number of hydrogen-bond acceptors (Lipinski definition) is 4. The van der Waals surface area contributed by atoms with Crippen molar-refractivity contribution in [1.29, 1.82) is 0 Å². The van der Waals surface area contributed by atoms with E-state index in [1.807, 2.05) is 43.1 Å². The molecule has 0 heterocycles. The number of nitrogens with zero attached hydrogens (tertiary/aromatic N) is 2. The summed E-state index contributed by atoms with van der Waals surface area (Å²) in [5.74, 6) is 0. The summed E-state index contributed by atoms with van der Waals surface area (Å²) < 4.78 is 0. The Bertz CT molecular complexity index is 676. The first-order chi connectivity index (χ1) is 9.90. The van der Waals surface area contributed by atoms with Crippen LogP contribution in [0.2, 0.25) is 5.02 Å². The van der Waals surface area contributed by atoms with E-state index in [1.54, 1.807) is 6.07 Å². The van der Waals surface area contributed by atoms with Crippen molar-refractivity contribution in [3.8, 4) is 0 Å². The van der Waals surface area contributed by atoms with E-state index < -0.39 is 4.92 Å². The number of anilines is 2. The second-order valence-electron chi connectivity index (χ2n) is 4.84. The summed E-state index contributed by atoms with van der Waals surface area (Å²) in [7, 11) is 1.89. The van der Waals surface area contributed by atoms with Gasteiger partial charge in [-0.1, -0.05) is 23.7 Å². The van der Waals surface area contributed by atoms with Gasteiger partial charge in [0.05, 0.1) is 22.3 Å². The molecule has 6 heteroatoms. The summed E-state index contributed by atoms with van der Waals surface area (Å²) in [5.41, 5.74) is 8.08. The lowest BCUT2D eigenvalue weighted by molar-refractivity contribution is -0.384. The molecule has 5 nitrogen and oxygen atoms in total. The Hall–Kier alpha value is -2.27. The molecule has 0 aromatic heterocycles. The summed E-state index contributed by atoms with van der Waals surface area (Å²) >= 11 is 6.01. The third-order valence-electron chi connectivity index (χ3n) is 3.51. The van der Waals surface area contributed by atoms with E-state index in [2.05, 4.69) is 0 Å². The standard InChI is InChI=1S/C15H16ClN3O2/c1-10(11-4-3-5-12(16)8-11)18(2)15-7-6-13(19(20)21)9-14(15)17/h3-10H,17H2,1-2H3. The SMILES string of the molecule is CC(c1cccc(Cl)c1)N(C)c1ccc([N+](=O)[O-])cc1N. The lowest BCUT2D eigenvalue weighted by atomic mass is 10.1. The second-order valence-corrected chi connectivity index (χ2v) is 5.28. The Balaban J connectivity index is 2.31. The van der Waals surface area contributed by atoms with Gasteiger partial charge in [-0.25, -0.2) is 0 Å². The fourth-order valence-electron chi connectivity index (χ4n) is 2.18. The molecule has 2 rings (SSSR count). The van der Waals surface area contributed by atoms with E-state index in [-0.39, 0.29) is 11.7 Å². The number of rotatable bonds is 4. The molecular formula is C15H16ClN3O2. The van der Waals surface area contributed by atoms with Gasteiger partial charge in [0.2, 0.25) is 0 Å².